The largest absolute Gasteiger partial charge is 0.383 e. The molecule has 104 valence electrons. The summed E-state index contributed by atoms with van der Waals surface area (Å²) in [5.41, 5.74) is 9.14. The zero-order valence-corrected chi connectivity index (χ0v) is 12.0. The molecule has 4 aliphatic carbocycles. The van der Waals surface area contributed by atoms with E-state index in [1.54, 1.807) is 0 Å². The normalized spacial score (nSPS) is 37.9. The number of nitrogens with zero attached hydrogens (tertiary/aromatic N) is 2. The molecule has 3 heteroatoms. The topological polar surface area (TPSA) is 62.7 Å². The molecule has 0 spiro atoms. The molecule has 0 unspecified atom stereocenters. The molecule has 0 atom stereocenters. The number of nitrogens with two attached hydrogens (primary N) is 1. The Labute approximate surface area is 120 Å². The lowest BCUT2D eigenvalue weighted by Gasteiger charge is -2.56. The van der Waals surface area contributed by atoms with E-state index in [0.717, 1.165) is 23.3 Å². The lowest BCUT2D eigenvalue weighted by atomic mass is 9.48. The van der Waals surface area contributed by atoms with Gasteiger partial charge in [0.25, 0.3) is 0 Å². The zero-order valence-electron chi connectivity index (χ0n) is 12.0. The van der Waals surface area contributed by atoms with Crippen molar-refractivity contribution < 1.29 is 0 Å². The van der Waals surface area contributed by atoms with Gasteiger partial charge in [-0.3, -0.25) is 0 Å². The molecule has 20 heavy (non-hydrogen) atoms. The van der Waals surface area contributed by atoms with Crippen LogP contribution >= 0.6 is 0 Å². The number of rotatable bonds is 1. The molecule has 2 N–H and O–H groups in total. The summed E-state index contributed by atoms with van der Waals surface area (Å²) in [6.45, 7) is 2.10. The highest BCUT2D eigenvalue weighted by Crippen LogP contribution is 2.60. The first-order valence-corrected chi connectivity index (χ1v) is 7.77. The van der Waals surface area contributed by atoms with Gasteiger partial charge < -0.3 is 5.73 Å². The van der Waals surface area contributed by atoms with E-state index in [2.05, 4.69) is 18.0 Å². The number of aryl methyl sites for hydroxylation is 1. The first-order valence-electron chi connectivity index (χ1n) is 7.77. The molecule has 0 saturated heterocycles. The highest BCUT2D eigenvalue weighted by Gasteiger charge is 2.52. The third kappa shape index (κ3) is 1.60. The molecule has 0 amide bonds. The average molecular weight is 267 g/mol. The SMILES string of the molecule is Cc1cc(C#N)c(N)nc1C12CC3CC(CC(C3)C1)C2. The lowest BCUT2D eigenvalue weighted by molar-refractivity contribution is -0.00743. The number of hydrogen-bond acceptors (Lipinski definition) is 3. The summed E-state index contributed by atoms with van der Waals surface area (Å²) in [7, 11) is 0. The second-order valence-electron chi connectivity index (χ2n) is 7.40. The van der Waals surface area contributed by atoms with Gasteiger partial charge in [-0.05, 0) is 74.8 Å². The number of anilines is 1. The van der Waals surface area contributed by atoms with E-state index in [4.69, 9.17) is 11.0 Å². The Bertz CT molecular complexity index is 576. The lowest BCUT2D eigenvalue weighted by Crippen LogP contribution is -2.49. The van der Waals surface area contributed by atoms with E-state index in [0.29, 0.717) is 11.4 Å². The Morgan fingerprint density at radius 2 is 1.75 bits per heavy atom. The van der Waals surface area contributed by atoms with Crippen LogP contribution in [-0.4, -0.2) is 4.98 Å². The van der Waals surface area contributed by atoms with Crippen LogP contribution < -0.4 is 5.73 Å². The van der Waals surface area contributed by atoms with Crippen LogP contribution in [0.15, 0.2) is 6.07 Å². The van der Waals surface area contributed by atoms with Gasteiger partial charge in [0.1, 0.15) is 11.9 Å². The van der Waals surface area contributed by atoms with Crippen molar-refractivity contribution in [1.29, 1.82) is 5.26 Å². The van der Waals surface area contributed by atoms with Crippen molar-refractivity contribution in [3.63, 3.8) is 0 Å². The average Bonchev–Trinajstić information content (AvgIpc) is 2.39. The standard InChI is InChI=1S/C17H21N3/c1-10-2-14(9-18)16(19)20-15(10)17-6-11-3-12(7-17)5-13(4-11)8-17/h2,11-13H,3-8H2,1H3,(H2,19,20). The molecule has 5 rings (SSSR count). The van der Waals surface area contributed by atoms with Gasteiger partial charge in [-0.25, -0.2) is 4.98 Å². The number of nitriles is 1. The molecule has 1 aromatic heterocycles. The van der Waals surface area contributed by atoms with E-state index in [9.17, 15) is 0 Å². The third-order valence-corrected chi connectivity index (χ3v) is 5.90. The minimum Gasteiger partial charge on any atom is -0.383 e. The fourth-order valence-corrected chi connectivity index (χ4v) is 5.65. The highest BCUT2D eigenvalue weighted by atomic mass is 14.9. The van der Waals surface area contributed by atoms with Gasteiger partial charge in [-0.15, -0.1) is 0 Å². The number of aromatic nitrogens is 1. The van der Waals surface area contributed by atoms with E-state index in [1.807, 2.05) is 6.07 Å². The van der Waals surface area contributed by atoms with Crippen molar-refractivity contribution >= 4 is 5.82 Å². The second kappa shape index (κ2) is 3.97. The molecule has 4 saturated carbocycles. The van der Waals surface area contributed by atoms with Crippen LogP contribution in [0.4, 0.5) is 5.82 Å². The van der Waals surface area contributed by atoms with Crippen LogP contribution in [0.5, 0.6) is 0 Å². The molecular weight excluding hydrogens is 246 g/mol. The van der Waals surface area contributed by atoms with E-state index >= 15 is 0 Å². The van der Waals surface area contributed by atoms with Gasteiger partial charge in [0.15, 0.2) is 0 Å². The van der Waals surface area contributed by atoms with Gasteiger partial charge in [0.05, 0.1) is 11.3 Å². The summed E-state index contributed by atoms with van der Waals surface area (Å²) >= 11 is 0. The van der Waals surface area contributed by atoms with Crippen molar-refractivity contribution in [3.05, 3.63) is 22.9 Å². The van der Waals surface area contributed by atoms with Crippen molar-refractivity contribution in [3.8, 4) is 6.07 Å². The first-order chi connectivity index (χ1) is 9.59. The van der Waals surface area contributed by atoms with Gasteiger partial charge in [-0.2, -0.15) is 5.26 Å². The molecule has 0 aromatic carbocycles. The Hall–Kier alpha value is -1.56. The summed E-state index contributed by atoms with van der Waals surface area (Å²) in [6.07, 6.45) is 8.17. The monoisotopic (exact) mass is 267 g/mol. The number of hydrogen-bond donors (Lipinski definition) is 1. The summed E-state index contributed by atoms with van der Waals surface area (Å²) in [6, 6.07) is 4.09. The summed E-state index contributed by atoms with van der Waals surface area (Å²) in [5.74, 6) is 3.13. The van der Waals surface area contributed by atoms with Crippen LogP contribution in [0.2, 0.25) is 0 Å². The molecule has 3 nitrogen and oxygen atoms in total. The first kappa shape index (κ1) is 12.2. The van der Waals surface area contributed by atoms with E-state index in [1.165, 1.54) is 44.2 Å². The molecule has 4 fully saturated rings. The number of pyridine rings is 1. The maximum atomic E-state index is 9.10. The maximum absolute atomic E-state index is 9.10. The minimum atomic E-state index is 0.265. The van der Waals surface area contributed by atoms with Gasteiger partial charge >= 0.3 is 0 Å². The molecule has 0 radical (unpaired) electrons. The Morgan fingerprint density at radius 1 is 1.20 bits per heavy atom. The Morgan fingerprint density at radius 3 is 2.25 bits per heavy atom. The molecule has 1 aromatic rings. The Balaban J connectivity index is 1.81. The zero-order chi connectivity index (χ0) is 13.9. The fourth-order valence-electron chi connectivity index (χ4n) is 5.65. The van der Waals surface area contributed by atoms with Gasteiger partial charge in [0.2, 0.25) is 0 Å². The Kier molecular flexibility index (Phi) is 2.42. The molecular formula is C17H21N3. The van der Waals surface area contributed by atoms with Gasteiger partial charge in [0, 0.05) is 5.41 Å². The van der Waals surface area contributed by atoms with E-state index < -0.39 is 0 Å². The highest BCUT2D eigenvalue weighted by molar-refractivity contribution is 5.52. The minimum absolute atomic E-state index is 0.265. The smallest absolute Gasteiger partial charge is 0.141 e. The van der Waals surface area contributed by atoms with Crippen LogP contribution in [0.3, 0.4) is 0 Å². The van der Waals surface area contributed by atoms with Crippen LogP contribution in [0, 0.1) is 36.0 Å². The van der Waals surface area contributed by atoms with E-state index in [-0.39, 0.29) is 5.41 Å². The van der Waals surface area contributed by atoms with Crippen molar-refractivity contribution in [2.45, 2.75) is 50.9 Å². The van der Waals surface area contributed by atoms with Gasteiger partial charge in [-0.1, -0.05) is 0 Å². The molecule has 0 aliphatic heterocycles. The predicted octanol–water partition coefficient (Wildman–Crippen LogP) is 3.31. The summed E-state index contributed by atoms with van der Waals surface area (Å²) in [5, 5.41) is 9.10. The number of nitrogen functional groups attached to an aromatic ring is 1. The summed E-state index contributed by atoms with van der Waals surface area (Å²) < 4.78 is 0. The quantitative estimate of drug-likeness (QED) is 0.849. The fraction of sp³-hybridized carbons (Fsp3) is 0.647. The summed E-state index contributed by atoms with van der Waals surface area (Å²) in [4.78, 5) is 4.69. The van der Waals surface area contributed by atoms with Crippen LogP contribution in [0.1, 0.15) is 55.3 Å². The van der Waals surface area contributed by atoms with Crippen molar-refractivity contribution in [2.75, 3.05) is 5.73 Å². The van der Waals surface area contributed by atoms with Crippen molar-refractivity contribution in [1.82, 2.24) is 4.98 Å². The third-order valence-electron chi connectivity index (χ3n) is 5.90. The predicted molar refractivity (Wildman–Crippen MR) is 78.0 cm³/mol. The second-order valence-corrected chi connectivity index (χ2v) is 7.40. The maximum Gasteiger partial charge on any atom is 0.141 e. The van der Waals surface area contributed by atoms with Crippen LogP contribution in [0.25, 0.3) is 0 Å². The molecule has 4 aliphatic rings. The van der Waals surface area contributed by atoms with Crippen molar-refractivity contribution in [2.24, 2.45) is 17.8 Å². The van der Waals surface area contributed by atoms with Crippen LogP contribution in [-0.2, 0) is 5.41 Å². The molecule has 1 heterocycles. The molecule has 4 bridgehead atoms.